The topological polar surface area (TPSA) is 153 Å². The SMILES string of the molecule is CCOC(=O)c1ccccc1O[C@@H]1O[C@@H](COC(C)=O)[C@@H](OC(C)=O)[C@@H](OC(C)=O)[C@H]1NC(C)=O. The molecular weight excluding hydrogens is 466 g/mol. The van der Waals surface area contributed by atoms with Gasteiger partial charge in [-0.05, 0) is 19.1 Å². The van der Waals surface area contributed by atoms with E-state index in [9.17, 15) is 24.0 Å². The van der Waals surface area contributed by atoms with E-state index >= 15 is 0 Å². The lowest BCUT2D eigenvalue weighted by Gasteiger charge is -2.44. The highest BCUT2D eigenvalue weighted by atomic mass is 16.7. The summed E-state index contributed by atoms with van der Waals surface area (Å²) in [6.07, 6.45) is -5.04. The number of nitrogens with one attached hydrogen (secondary N) is 1. The zero-order valence-corrected chi connectivity index (χ0v) is 20.1. The van der Waals surface area contributed by atoms with Crippen molar-refractivity contribution in [1.82, 2.24) is 5.32 Å². The van der Waals surface area contributed by atoms with E-state index in [0.717, 1.165) is 13.8 Å². The van der Waals surface area contributed by atoms with E-state index in [2.05, 4.69) is 5.32 Å². The van der Waals surface area contributed by atoms with E-state index in [4.69, 9.17) is 28.4 Å². The van der Waals surface area contributed by atoms with Gasteiger partial charge < -0.3 is 33.7 Å². The minimum absolute atomic E-state index is 0.0602. The first-order valence-corrected chi connectivity index (χ1v) is 10.9. The minimum atomic E-state index is -1.36. The number of hydrogen-bond donors (Lipinski definition) is 1. The summed E-state index contributed by atoms with van der Waals surface area (Å²) in [4.78, 5) is 59.6. The van der Waals surface area contributed by atoms with Crippen molar-refractivity contribution in [1.29, 1.82) is 0 Å². The number of ether oxygens (including phenoxy) is 6. The molecule has 1 N–H and O–H groups in total. The highest BCUT2D eigenvalue weighted by molar-refractivity contribution is 5.92. The summed E-state index contributed by atoms with van der Waals surface area (Å²) >= 11 is 0. The molecule has 1 aromatic rings. The van der Waals surface area contributed by atoms with Crippen molar-refractivity contribution in [2.24, 2.45) is 0 Å². The zero-order chi connectivity index (χ0) is 26.1. The Balaban J connectivity index is 2.51. The molecule has 1 aliphatic heterocycles. The molecule has 2 rings (SSSR count). The summed E-state index contributed by atoms with van der Waals surface area (Å²) in [6.45, 7) is 6.08. The Bertz CT molecular complexity index is 947. The molecule has 1 aromatic carbocycles. The number of benzene rings is 1. The highest BCUT2D eigenvalue weighted by Crippen LogP contribution is 2.30. The van der Waals surface area contributed by atoms with Crippen LogP contribution in [0.1, 0.15) is 45.0 Å². The predicted molar refractivity (Wildman–Crippen MR) is 117 cm³/mol. The summed E-state index contributed by atoms with van der Waals surface area (Å²) in [7, 11) is 0. The lowest BCUT2D eigenvalue weighted by atomic mass is 9.96. The van der Waals surface area contributed by atoms with Crippen LogP contribution in [0.4, 0.5) is 0 Å². The first-order chi connectivity index (χ1) is 16.5. The van der Waals surface area contributed by atoms with E-state index in [-0.39, 0.29) is 24.5 Å². The molecule has 0 aromatic heterocycles. The van der Waals surface area contributed by atoms with Gasteiger partial charge in [0.2, 0.25) is 12.2 Å². The Morgan fingerprint density at radius 3 is 2.09 bits per heavy atom. The number of carbonyl (C=O) groups is 5. The number of amides is 1. The lowest BCUT2D eigenvalue weighted by Crippen LogP contribution is -2.67. The fourth-order valence-corrected chi connectivity index (χ4v) is 3.46. The van der Waals surface area contributed by atoms with E-state index < -0.39 is 60.4 Å². The van der Waals surface area contributed by atoms with E-state index in [1.54, 1.807) is 19.1 Å². The van der Waals surface area contributed by atoms with Gasteiger partial charge in [0, 0.05) is 27.7 Å². The summed E-state index contributed by atoms with van der Waals surface area (Å²) < 4.78 is 32.8. The quantitative estimate of drug-likeness (QED) is 0.384. The van der Waals surface area contributed by atoms with Crippen LogP contribution >= 0.6 is 0 Å². The van der Waals surface area contributed by atoms with Crippen molar-refractivity contribution in [3.05, 3.63) is 29.8 Å². The van der Waals surface area contributed by atoms with Gasteiger partial charge in [-0.2, -0.15) is 0 Å². The minimum Gasteiger partial charge on any atom is -0.463 e. The predicted octanol–water partition coefficient (Wildman–Crippen LogP) is 0.898. The maximum absolute atomic E-state index is 12.4. The molecule has 12 heteroatoms. The fraction of sp³-hybridized carbons (Fsp3) is 0.522. The molecule has 12 nitrogen and oxygen atoms in total. The van der Waals surface area contributed by atoms with Gasteiger partial charge in [0.05, 0.1) is 6.61 Å². The first kappa shape index (κ1) is 27.6. The van der Waals surface area contributed by atoms with Crippen molar-refractivity contribution in [3.8, 4) is 5.75 Å². The summed E-state index contributed by atoms with van der Waals surface area (Å²) in [5.74, 6) is -3.21. The van der Waals surface area contributed by atoms with Crippen LogP contribution in [0.15, 0.2) is 24.3 Å². The highest BCUT2D eigenvalue weighted by Gasteiger charge is 2.52. The van der Waals surface area contributed by atoms with Crippen molar-refractivity contribution in [3.63, 3.8) is 0 Å². The van der Waals surface area contributed by atoms with Crippen LogP contribution in [0.5, 0.6) is 5.75 Å². The number of esters is 4. The van der Waals surface area contributed by atoms with Crippen LogP contribution in [-0.4, -0.2) is 73.6 Å². The molecule has 35 heavy (non-hydrogen) atoms. The Kier molecular flexibility index (Phi) is 10.0. The zero-order valence-electron chi connectivity index (χ0n) is 20.1. The van der Waals surface area contributed by atoms with Crippen molar-refractivity contribution < 1.29 is 52.4 Å². The van der Waals surface area contributed by atoms with E-state index in [1.165, 1.54) is 26.0 Å². The Hall–Kier alpha value is -3.67. The third-order valence-electron chi connectivity index (χ3n) is 4.70. The van der Waals surface area contributed by atoms with E-state index in [0.29, 0.717) is 0 Å². The van der Waals surface area contributed by atoms with Gasteiger partial charge in [-0.25, -0.2) is 4.79 Å². The first-order valence-electron chi connectivity index (χ1n) is 10.9. The van der Waals surface area contributed by atoms with Crippen LogP contribution < -0.4 is 10.1 Å². The summed E-state index contributed by atoms with van der Waals surface area (Å²) in [6, 6.07) is 5.00. The van der Waals surface area contributed by atoms with Crippen molar-refractivity contribution >= 4 is 29.8 Å². The largest absolute Gasteiger partial charge is 0.463 e. The van der Waals surface area contributed by atoms with Gasteiger partial charge in [-0.1, -0.05) is 12.1 Å². The van der Waals surface area contributed by atoms with Crippen molar-refractivity contribution in [2.45, 2.75) is 65.3 Å². The molecule has 0 bridgehead atoms. The summed E-state index contributed by atoms with van der Waals surface area (Å²) in [5, 5.41) is 2.59. The molecule has 0 saturated carbocycles. The average Bonchev–Trinajstić information content (AvgIpc) is 2.76. The molecule has 192 valence electrons. The van der Waals surface area contributed by atoms with Gasteiger partial charge >= 0.3 is 23.9 Å². The summed E-state index contributed by atoms with van der Waals surface area (Å²) in [5.41, 5.74) is 0.0854. The van der Waals surface area contributed by atoms with Gasteiger partial charge in [0.25, 0.3) is 0 Å². The monoisotopic (exact) mass is 495 g/mol. The number of hydrogen-bond acceptors (Lipinski definition) is 11. The molecule has 0 radical (unpaired) electrons. The maximum atomic E-state index is 12.4. The van der Waals surface area contributed by atoms with Crippen LogP contribution in [0, 0.1) is 0 Å². The third kappa shape index (κ3) is 7.95. The maximum Gasteiger partial charge on any atom is 0.341 e. The molecule has 1 saturated heterocycles. The fourth-order valence-electron chi connectivity index (χ4n) is 3.46. The number of rotatable bonds is 9. The van der Waals surface area contributed by atoms with Crippen LogP contribution in [0.25, 0.3) is 0 Å². The molecule has 1 heterocycles. The number of carbonyl (C=O) groups excluding carboxylic acids is 5. The van der Waals surface area contributed by atoms with Crippen LogP contribution in [0.3, 0.4) is 0 Å². The number of para-hydroxylation sites is 1. The molecule has 0 unspecified atom stereocenters. The Morgan fingerprint density at radius 1 is 0.886 bits per heavy atom. The second-order valence-corrected chi connectivity index (χ2v) is 7.55. The van der Waals surface area contributed by atoms with E-state index in [1.807, 2.05) is 0 Å². The Labute approximate surface area is 202 Å². The third-order valence-corrected chi connectivity index (χ3v) is 4.70. The van der Waals surface area contributed by atoms with Crippen molar-refractivity contribution in [2.75, 3.05) is 13.2 Å². The smallest absolute Gasteiger partial charge is 0.341 e. The van der Waals surface area contributed by atoms with Gasteiger partial charge in [-0.15, -0.1) is 0 Å². The van der Waals surface area contributed by atoms with Gasteiger partial charge in [0.15, 0.2) is 12.2 Å². The van der Waals surface area contributed by atoms with Crippen LogP contribution in [-0.2, 0) is 42.9 Å². The molecule has 1 aliphatic rings. The molecule has 0 spiro atoms. The molecule has 1 fully saturated rings. The normalized spacial score (nSPS) is 23.4. The molecular formula is C23H29NO11. The molecule has 0 aliphatic carbocycles. The standard InChI is InChI=1S/C23H29NO11/c1-6-30-22(29)16-9-7-8-10-17(16)34-23-19(24-12(2)25)21(33-15(5)28)20(32-14(4)27)18(35-23)11-31-13(3)26/h7-10,18-21,23H,6,11H2,1-5H3,(H,24,25)/t18-,19+,20+,21-,23+/m0/s1. The van der Waals surface area contributed by atoms with Gasteiger partial charge in [-0.3, -0.25) is 19.2 Å². The average molecular weight is 495 g/mol. The lowest BCUT2D eigenvalue weighted by molar-refractivity contribution is -0.257. The molecule has 5 atom stereocenters. The second-order valence-electron chi connectivity index (χ2n) is 7.55. The molecule has 1 amide bonds. The van der Waals surface area contributed by atoms with Crippen LogP contribution in [0.2, 0.25) is 0 Å². The second kappa shape index (κ2) is 12.7. The van der Waals surface area contributed by atoms with Gasteiger partial charge in [0.1, 0.15) is 30.1 Å². The Morgan fingerprint density at radius 2 is 1.51 bits per heavy atom.